The smallest absolute Gasteiger partial charge is 0.308 e. The number of rotatable bonds is 4. The number of phenolic OH excluding ortho intramolecular Hbond substituents is 2. The summed E-state index contributed by atoms with van der Waals surface area (Å²) in [6, 6.07) is 14.5. The van der Waals surface area contributed by atoms with E-state index in [0.29, 0.717) is 21.8 Å². The zero-order chi connectivity index (χ0) is 27.6. The molecular formula is C28H22ClN3O7. The number of hydrogen-bond donors (Lipinski definition) is 4. The standard InChI is InChI=1S/C28H22ClN3O7/c1-13(33)39-17-6-4-16(5-7-17)32-25(36)23-20(10-14-2-9-21(34)22(35)11-14)31-28(24(23)26(32)37)18-12-15(29)3-8-19(18)30-27(28)38/h2-9,11-12,20,23-24,31,34-35H,10H2,1H3,(H,30,38)/t20-,23+,24-,28+/m0/s1. The van der Waals surface area contributed by atoms with Gasteiger partial charge in [-0.2, -0.15) is 0 Å². The molecule has 6 rings (SSSR count). The van der Waals surface area contributed by atoms with Crippen LogP contribution in [0.3, 0.4) is 0 Å². The number of carbonyl (C=O) groups is 4. The molecule has 0 radical (unpaired) electrons. The fourth-order valence-corrected chi connectivity index (χ4v) is 6.15. The third kappa shape index (κ3) is 3.75. The van der Waals surface area contributed by atoms with Gasteiger partial charge in [0.2, 0.25) is 17.7 Å². The first kappa shape index (κ1) is 24.9. The van der Waals surface area contributed by atoms with E-state index in [-0.39, 0.29) is 29.4 Å². The van der Waals surface area contributed by atoms with E-state index in [9.17, 15) is 29.4 Å². The number of halogens is 1. The average molecular weight is 548 g/mol. The molecule has 10 nitrogen and oxygen atoms in total. The monoisotopic (exact) mass is 547 g/mol. The third-order valence-electron chi connectivity index (χ3n) is 7.53. The van der Waals surface area contributed by atoms with Gasteiger partial charge in [-0.1, -0.05) is 17.7 Å². The number of benzene rings is 3. The maximum atomic E-state index is 14.1. The largest absolute Gasteiger partial charge is 0.504 e. The summed E-state index contributed by atoms with van der Waals surface area (Å²) in [4.78, 5) is 54.0. The second-order valence-electron chi connectivity index (χ2n) is 9.83. The van der Waals surface area contributed by atoms with Crippen molar-refractivity contribution in [2.75, 3.05) is 10.2 Å². The number of aromatic hydroxyl groups is 2. The van der Waals surface area contributed by atoms with E-state index in [2.05, 4.69) is 10.6 Å². The molecule has 0 saturated carbocycles. The van der Waals surface area contributed by atoms with Crippen molar-refractivity contribution < 1.29 is 34.1 Å². The molecule has 0 unspecified atom stereocenters. The van der Waals surface area contributed by atoms with E-state index in [1.807, 2.05) is 0 Å². The third-order valence-corrected chi connectivity index (χ3v) is 7.76. The fourth-order valence-electron chi connectivity index (χ4n) is 5.98. The number of carbonyl (C=O) groups excluding carboxylic acids is 4. The Bertz CT molecular complexity index is 1570. The molecule has 0 aromatic heterocycles. The molecule has 3 heterocycles. The lowest BCUT2D eigenvalue weighted by Crippen LogP contribution is -2.53. The van der Waals surface area contributed by atoms with E-state index in [1.54, 1.807) is 24.3 Å². The van der Waals surface area contributed by atoms with Gasteiger partial charge in [-0.15, -0.1) is 0 Å². The number of phenols is 2. The molecule has 3 aromatic rings. The van der Waals surface area contributed by atoms with Gasteiger partial charge in [0.25, 0.3) is 0 Å². The van der Waals surface area contributed by atoms with Gasteiger partial charge in [0, 0.05) is 29.2 Å². The number of anilines is 2. The van der Waals surface area contributed by atoms with Gasteiger partial charge in [-0.25, -0.2) is 4.90 Å². The van der Waals surface area contributed by atoms with Crippen LogP contribution in [-0.4, -0.2) is 39.9 Å². The molecule has 3 aliphatic rings. The Morgan fingerprint density at radius 2 is 1.74 bits per heavy atom. The van der Waals surface area contributed by atoms with E-state index in [4.69, 9.17) is 16.3 Å². The average Bonchev–Trinajstić information content (AvgIpc) is 3.46. The number of imide groups is 1. The van der Waals surface area contributed by atoms with Crippen LogP contribution in [0.1, 0.15) is 18.1 Å². The molecule has 4 N–H and O–H groups in total. The Balaban J connectivity index is 1.45. The number of nitrogens with one attached hydrogen (secondary N) is 2. The highest BCUT2D eigenvalue weighted by molar-refractivity contribution is 6.31. The predicted molar refractivity (Wildman–Crippen MR) is 139 cm³/mol. The Hall–Kier alpha value is -4.41. The first-order chi connectivity index (χ1) is 18.6. The summed E-state index contributed by atoms with van der Waals surface area (Å²) >= 11 is 6.30. The number of amides is 3. The highest BCUT2D eigenvalue weighted by Crippen LogP contribution is 2.54. The topological polar surface area (TPSA) is 145 Å². The van der Waals surface area contributed by atoms with Gasteiger partial charge in [-0.05, 0) is 66.6 Å². The van der Waals surface area contributed by atoms with Crippen LogP contribution in [0, 0.1) is 11.8 Å². The van der Waals surface area contributed by atoms with Crippen molar-refractivity contribution in [2.45, 2.75) is 24.9 Å². The maximum Gasteiger partial charge on any atom is 0.308 e. The van der Waals surface area contributed by atoms with Crippen LogP contribution in [0.25, 0.3) is 0 Å². The van der Waals surface area contributed by atoms with Crippen LogP contribution < -0.4 is 20.3 Å². The Morgan fingerprint density at radius 1 is 1.00 bits per heavy atom. The number of nitrogens with zero attached hydrogens (tertiary/aromatic N) is 1. The summed E-state index contributed by atoms with van der Waals surface area (Å²) in [5.41, 5.74) is 0.263. The lowest BCUT2D eigenvalue weighted by Gasteiger charge is -2.29. The van der Waals surface area contributed by atoms with Crippen molar-refractivity contribution >= 4 is 46.7 Å². The molecule has 0 bridgehead atoms. The van der Waals surface area contributed by atoms with E-state index in [0.717, 1.165) is 4.90 Å². The van der Waals surface area contributed by atoms with Crippen molar-refractivity contribution in [1.29, 1.82) is 0 Å². The summed E-state index contributed by atoms with van der Waals surface area (Å²) < 4.78 is 5.06. The van der Waals surface area contributed by atoms with Crippen molar-refractivity contribution in [3.05, 3.63) is 76.8 Å². The highest BCUT2D eigenvalue weighted by atomic mass is 35.5. The maximum absolute atomic E-state index is 14.1. The molecule has 198 valence electrons. The summed E-state index contributed by atoms with van der Waals surface area (Å²) in [5.74, 6) is -4.41. The molecule has 39 heavy (non-hydrogen) atoms. The molecule has 1 spiro atoms. The number of hydrogen-bond acceptors (Lipinski definition) is 8. The van der Waals surface area contributed by atoms with Gasteiger partial charge in [0.1, 0.15) is 11.3 Å². The van der Waals surface area contributed by atoms with Crippen LogP contribution in [0.5, 0.6) is 17.2 Å². The molecule has 3 aromatic carbocycles. The molecule has 3 amide bonds. The van der Waals surface area contributed by atoms with Crippen LogP contribution >= 0.6 is 11.6 Å². The summed E-state index contributed by atoms with van der Waals surface area (Å²) in [7, 11) is 0. The van der Waals surface area contributed by atoms with Crippen LogP contribution in [0.2, 0.25) is 5.02 Å². The molecule has 2 saturated heterocycles. The molecule has 3 aliphatic heterocycles. The summed E-state index contributed by atoms with van der Waals surface area (Å²) in [6.45, 7) is 1.26. The van der Waals surface area contributed by atoms with Crippen LogP contribution in [0.4, 0.5) is 11.4 Å². The molecular weight excluding hydrogens is 526 g/mol. The van der Waals surface area contributed by atoms with Gasteiger partial charge in [-0.3, -0.25) is 24.5 Å². The number of fused-ring (bicyclic) bond motifs is 4. The summed E-state index contributed by atoms with van der Waals surface area (Å²) in [5, 5.41) is 26.3. The Labute approximate surface area is 227 Å². The van der Waals surface area contributed by atoms with E-state index in [1.165, 1.54) is 43.3 Å². The normalized spacial score (nSPS) is 25.1. The second-order valence-corrected chi connectivity index (χ2v) is 10.3. The minimum Gasteiger partial charge on any atom is -0.504 e. The quantitative estimate of drug-likeness (QED) is 0.169. The first-order valence-electron chi connectivity index (χ1n) is 12.2. The molecule has 11 heteroatoms. The Kier molecular flexibility index (Phi) is 5.63. The van der Waals surface area contributed by atoms with Crippen LogP contribution in [0.15, 0.2) is 60.7 Å². The van der Waals surface area contributed by atoms with Gasteiger partial charge in [0.15, 0.2) is 11.5 Å². The second kappa shape index (κ2) is 8.82. The SMILES string of the molecule is CC(=O)Oc1ccc(N2C(=O)[C@@H]3[C@H](Cc4ccc(O)c(O)c4)N[C@@]4(C(=O)Nc5ccc(Cl)cc54)[C@@H]3C2=O)cc1. The first-order valence-corrected chi connectivity index (χ1v) is 12.5. The van der Waals surface area contributed by atoms with E-state index >= 15 is 0 Å². The van der Waals surface area contributed by atoms with Gasteiger partial charge in [0.05, 0.1) is 17.5 Å². The number of ether oxygens (including phenoxy) is 1. The number of esters is 1. The highest BCUT2D eigenvalue weighted by Gasteiger charge is 2.70. The molecule has 4 atom stereocenters. The van der Waals surface area contributed by atoms with Crippen molar-refractivity contribution in [3.8, 4) is 17.2 Å². The minimum absolute atomic E-state index is 0.179. The zero-order valence-electron chi connectivity index (χ0n) is 20.5. The molecule has 2 fully saturated rings. The van der Waals surface area contributed by atoms with Gasteiger partial charge >= 0.3 is 5.97 Å². The van der Waals surface area contributed by atoms with Crippen molar-refractivity contribution in [1.82, 2.24) is 5.32 Å². The van der Waals surface area contributed by atoms with Gasteiger partial charge < -0.3 is 20.3 Å². The Morgan fingerprint density at radius 3 is 2.44 bits per heavy atom. The van der Waals surface area contributed by atoms with Crippen LogP contribution in [-0.2, 0) is 31.1 Å². The van der Waals surface area contributed by atoms with E-state index < -0.39 is 47.1 Å². The fraction of sp³-hybridized carbons (Fsp3) is 0.214. The lowest BCUT2D eigenvalue weighted by molar-refractivity contribution is -0.132. The lowest BCUT2D eigenvalue weighted by atomic mass is 9.76. The van der Waals surface area contributed by atoms with Crippen molar-refractivity contribution in [2.24, 2.45) is 11.8 Å². The summed E-state index contributed by atoms with van der Waals surface area (Å²) in [6.07, 6.45) is 0.179. The predicted octanol–water partition coefficient (Wildman–Crippen LogP) is 2.84. The molecule has 0 aliphatic carbocycles. The van der Waals surface area contributed by atoms with Crippen molar-refractivity contribution in [3.63, 3.8) is 0 Å². The minimum atomic E-state index is -1.56. The zero-order valence-corrected chi connectivity index (χ0v) is 21.2.